The number of hydrogen-bond donors (Lipinski definition) is 1. The molecule has 0 spiro atoms. The number of nitrogens with zero attached hydrogens (tertiary/aromatic N) is 6. The number of nitrogens with one attached hydrogen (secondary N) is 1. The van der Waals surface area contributed by atoms with Gasteiger partial charge in [0.1, 0.15) is 29.7 Å². The van der Waals surface area contributed by atoms with Crippen LogP contribution in [0.3, 0.4) is 0 Å². The molecule has 5 aliphatic heterocycles. The van der Waals surface area contributed by atoms with E-state index in [9.17, 15) is 29.2 Å². The highest BCUT2D eigenvalue weighted by Crippen LogP contribution is 2.59. The molecule has 0 radical (unpaired) electrons. The quantitative estimate of drug-likeness (QED) is 0.227. The number of carbonyl (C=O) groups excluding carboxylic acids is 5. The third-order valence-electron chi connectivity index (χ3n) is 14.1. The van der Waals surface area contributed by atoms with Gasteiger partial charge in [-0.1, -0.05) is 45.2 Å². The Morgan fingerprint density at radius 3 is 2.24 bits per heavy atom. The molecule has 1 N–H and O–H groups in total. The van der Waals surface area contributed by atoms with Crippen LogP contribution < -0.4 is 15.0 Å². The zero-order chi connectivity index (χ0) is 43.7. The molecule has 62 heavy (non-hydrogen) atoms. The number of hydrogen-bond acceptors (Lipinski definition) is 10. The van der Waals surface area contributed by atoms with Crippen molar-refractivity contribution < 1.29 is 28.7 Å². The van der Waals surface area contributed by atoms with Gasteiger partial charge in [-0.2, -0.15) is 5.26 Å². The molecule has 320 valence electrons. The molecule has 2 aromatic carbocycles. The predicted molar refractivity (Wildman–Crippen MR) is 230 cm³/mol. The summed E-state index contributed by atoms with van der Waals surface area (Å²) in [6, 6.07) is 15.2. The van der Waals surface area contributed by atoms with E-state index in [1.807, 2.05) is 23.1 Å². The van der Waals surface area contributed by atoms with Crippen molar-refractivity contribution in [2.75, 3.05) is 37.6 Å². The van der Waals surface area contributed by atoms with Crippen molar-refractivity contribution in [3.63, 3.8) is 0 Å². The molecule has 5 amide bonds. The maximum atomic E-state index is 13.8. The molecule has 1 unspecified atom stereocenters. The minimum Gasteiger partial charge on any atom is -0.489 e. The number of likely N-dealkylation sites (tertiary alicyclic amines) is 1. The van der Waals surface area contributed by atoms with E-state index < -0.39 is 29.7 Å². The lowest BCUT2D eigenvalue weighted by Crippen LogP contribution is -2.74. The van der Waals surface area contributed by atoms with E-state index in [2.05, 4.69) is 60.7 Å². The highest BCUT2D eigenvalue weighted by molar-refractivity contribution is 6.31. The Morgan fingerprint density at radius 2 is 1.55 bits per heavy atom. The average molecular weight is 856 g/mol. The summed E-state index contributed by atoms with van der Waals surface area (Å²) in [5, 5.41) is 11.9. The van der Waals surface area contributed by atoms with E-state index in [0.29, 0.717) is 51.2 Å². The number of aromatic nitrogens is 1. The lowest BCUT2D eigenvalue weighted by atomic mass is 9.49. The number of carbonyl (C=O) groups is 5. The number of benzene rings is 2. The summed E-state index contributed by atoms with van der Waals surface area (Å²) in [6.07, 6.45) is 4.06. The van der Waals surface area contributed by atoms with Gasteiger partial charge in [0.25, 0.3) is 17.7 Å². The molecule has 9 rings (SSSR count). The third-order valence-corrected chi connectivity index (χ3v) is 14.4. The molecular formula is C48H50ClN7O6. The van der Waals surface area contributed by atoms with E-state index in [0.717, 1.165) is 74.7 Å². The van der Waals surface area contributed by atoms with Gasteiger partial charge in [-0.15, -0.1) is 0 Å². The van der Waals surface area contributed by atoms with Crippen LogP contribution in [0.4, 0.5) is 5.69 Å². The highest BCUT2D eigenvalue weighted by atomic mass is 35.5. The fourth-order valence-electron chi connectivity index (χ4n) is 11.3. The van der Waals surface area contributed by atoms with Crippen LogP contribution in [0.2, 0.25) is 5.02 Å². The van der Waals surface area contributed by atoms with Gasteiger partial charge in [0.15, 0.2) is 0 Å². The number of rotatable bonds is 7. The molecular weight excluding hydrogens is 806 g/mol. The second kappa shape index (κ2) is 15.9. The molecule has 0 bridgehead atoms. The van der Waals surface area contributed by atoms with Gasteiger partial charge in [0, 0.05) is 60.6 Å². The molecule has 3 saturated heterocycles. The van der Waals surface area contributed by atoms with Crippen LogP contribution in [0.5, 0.6) is 5.75 Å². The van der Waals surface area contributed by atoms with Crippen molar-refractivity contribution in [3.05, 3.63) is 87.2 Å². The van der Waals surface area contributed by atoms with Crippen LogP contribution in [0.25, 0.3) is 0 Å². The normalized spacial score (nSPS) is 24.8. The molecule has 1 saturated carbocycles. The van der Waals surface area contributed by atoms with Crippen molar-refractivity contribution >= 4 is 46.8 Å². The second-order valence-electron chi connectivity index (χ2n) is 18.9. The number of amides is 5. The van der Waals surface area contributed by atoms with E-state index in [-0.39, 0.29) is 47.6 Å². The SMILES string of the molecule is CC1(C)C(Oc2ccc(C#N)c(Cl)c2)C(C)(C)C1N1Cc2nc(C#CC3CCN(CC4CCN(c5ccc6c(c5)C(=O)N(C5CCC(=O)NC5=O)C6=O)CC4)CC3)ccc2C1=O. The summed E-state index contributed by atoms with van der Waals surface area (Å²) in [5.41, 5.74) is 3.25. The Hall–Kier alpha value is -5.76. The van der Waals surface area contributed by atoms with Crippen LogP contribution in [-0.4, -0.2) is 100 Å². The average Bonchev–Trinajstić information content (AvgIpc) is 3.69. The van der Waals surface area contributed by atoms with Crippen LogP contribution >= 0.6 is 11.6 Å². The molecule has 1 aromatic heterocycles. The molecule has 6 heterocycles. The predicted octanol–water partition coefficient (Wildman–Crippen LogP) is 5.83. The number of anilines is 1. The number of ether oxygens (including phenoxy) is 1. The van der Waals surface area contributed by atoms with Crippen molar-refractivity contribution in [2.24, 2.45) is 22.7 Å². The first kappa shape index (κ1) is 41.6. The molecule has 3 aromatic rings. The van der Waals surface area contributed by atoms with Gasteiger partial charge in [0.2, 0.25) is 11.8 Å². The third kappa shape index (κ3) is 7.29. The van der Waals surface area contributed by atoms with Gasteiger partial charge in [-0.3, -0.25) is 34.2 Å². The zero-order valence-corrected chi connectivity index (χ0v) is 36.3. The van der Waals surface area contributed by atoms with Crippen LogP contribution in [0, 0.1) is 45.8 Å². The van der Waals surface area contributed by atoms with Gasteiger partial charge in [-0.25, -0.2) is 4.98 Å². The Kier molecular flexibility index (Phi) is 10.6. The summed E-state index contributed by atoms with van der Waals surface area (Å²) < 4.78 is 6.47. The number of nitriles is 1. The van der Waals surface area contributed by atoms with Crippen LogP contribution in [-0.2, 0) is 16.1 Å². The summed E-state index contributed by atoms with van der Waals surface area (Å²) in [7, 11) is 0. The van der Waals surface area contributed by atoms with E-state index in [4.69, 9.17) is 21.3 Å². The lowest BCUT2D eigenvalue weighted by Gasteiger charge is -2.65. The van der Waals surface area contributed by atoms with Crippen molar-refractivity contribution in [1.29, 1.82) is 5.26 Å². The number of piperidine rings is 3. The van der Waals surface area contributed by atoms with Gasteiger partial charge < -0.3 is 19.4 Å². The van der Waals surface area contributed by atoms with E-state index >= 15 is 0 Å². The first-order valence-corrected chi connectivity index (χ1v) is 22.0. The second-order valence-corrected chi connectivity index (χ2v) is 19.3. The molecule has 1 aliphatic carbocycles. The maximum absolute atomic E-state index is 13.8. The standard InChI is InChI=1S/C48H50ClN7O6/c1-47(2)45(48(3,4)46(47)62-33-10-6-30(25-50)37(49)24-33)55-27-38-35(42(55)59)11-8-31(51-38)7-5-28-15-19-53(20-16-28)26-29-17-21-54(22-18-29)32-9-12-34-36(23-32)44(61)56(43(34)60)39-13-14-40(57)52-41(39)58/h6,8-12,23-24,28-29,39,45-46H,13-22,26-27H2,1-4H3,(H,52,57,58). The Morgan fingerprint density at radius 1 is 0.839 bits per heavy atom. The van der Waals surface area contributed by atoms with Gasteiger partial charge >= 0.3 is 0 Å². The number of pyridine rings is 1. The first-order chi connectivity index (χ1) is 29.6. The van der Waals surface area contributed by atoms with Crippen LogP contribution in [0.15, 0.2) is 48.5 Å². The minimum absolute atomic E-state index is 0.0198. The largest absolute Gasteiger partial charge is 0.489 e. The highest BCUT2D eigenvalue weighted by Gasteiger charge is 2.67. The first-order valence-electron chi connectivity index (χ1n) is 21.7. The summed E-state index contributed by atoms with van der Waals surface area (Å²) in [5.74, 6) is 6.27. The summed E-state index contributed by atoms with van der Waals surface area (Å²) >= 11 is 6.29. The number of fused-ring (bicyclic) bond motifs is 2. The fourth-order valence-corrected chi connectivity index (χ4v) is 11.5. The van der Waals surface area contributed by atoms with Crippen molar-refractivity contribution in [2.45, 2.75) is 91.0 Å². The lowest BCUT2D eigenvalue weighted by molar-refractivity contribution is -0.199. The monoisotopic (exact) mass is 855 g/mol. The Balaban J connectivity index is 0.749. The Bertz CT molecular complexity index is 2490. The van der Waals surface area contributed by atoms with Crippen molar-refractivity contribution in [1.82, 2.24) is 25.0 Å². The number of imide groups is 2. The maximum Gasteiger partial charge on any atom is 0.262 e. The van der Waals surface area contributed by atoms with E-state index in [1.165, 1.54) is 0 Å². The van der Waals surface area contributed by atoms with Crippen LogP contribution in [0.1, 0.15) is 114 Å². The molecule has 1 atom stereocenters. The van der Waals surface area contributed by atoms with Crippen molar-refractivity contribution in [3.8, 4) is 23.7 Å². The Labute approximate surface area is 366 Å². The molecule has 6 aliphatic rings. The molecule has 14 heteroatoms. The fraction of sp³-hybridized carbons (Fsp3) is 0.479. The van der Waals surface area contributed by atoms with E-state index in [1.54, 1.807) is 30.3 Å². The van der Waals surface area contributed by atoms with Gasteiger partial charge in [0.05, 0.1) is 39.5 Å². The summed E-state index contributed by atoms with van der Waals surface area (Å²) in [4.78, 5) is 77.0. The molecule has 13 nitrogen and oxygen atoms in total. The topological polar surface area (TPSA) is 156 Å². The minimum atomic E-state index is -0.974. The number of halogens is 1. The zero-order valence-electron chi connectivity index (χ0n) is 35.5. The molecule has 4 fully saturated rings. The van der Waals surface area contributed by atoms with Gasteiger partial charge in [-0.05, 0) is 99.5 Å². The summed E-state index contributed by atoms with van der Waals surface area (Å²) in [6.45, 7) is 13.6. The smallest absolute Gasteiger partial charge is 0.262 e.